The SMILES string of the molecule is CCSC(Cn1ccnc1)c1ccc(Cl)cc1. The number of aromatic nitrogens is 2. The molecule has 0 fully saturated rings. The molecule has 4 heteroatoms. The third-order valence-electron chi connectivity index (χ3n) is 2.55. The summed E-state index contributed by atoms with van der Waals surface area (Å²) in [6, 6.07) is 8.11. The third-order valence-corrected chi connectivity index (χ3v) is 3.95. The smallest absolute Gasteiger partial charge is 0.0946 e. The maximum atomic E-state index is 5.91. The van der Waals surface area contributed by atoms with Crippen LogP contribution >= 0.6 is 23.4 Å². The van der Waals surface area contributed by atoms with Crippen LogP contribution in [-0.2, 0) is 6.54 Å². The molecule has 1 atom stereocenters. The molecule has 0 amide bonds. The quantitative estimate of drug-likeness (QED) is 0.813. The highest BCUT2D eigenvalue weighted by molar-refractivity contribution is 7.99. The van der Waals surface area contributed by atoms with E-state index in [9.17, 15) is 0 Å². The first-order valence-corrected chi connectivity index (χ1v) is 7.05. The first-order valence-electron chi connectivity index (χ1n) is 5.62. The van der Waals surface area contributed by atoms with Crippen molar-refractivity contribution in [1.29, 1.82) is 0 Å². The van der Waals surface area contributed by atoms with Crippen LogP contribution < -0.4 is 0 Å². The Labute approximate surface area is 111 Å². The van der Waals surface area contributed by atoms with Gasteiger partial charge >= 0.3 is 0 Å². The number of hydrogen-bond donors (Lipinski definition) is 0. The Balaban J connectivity index is 2.13. The van der Waals surface area contributed by atoms with Gasteiger partial charge in [0, 0.05) is 29.2 Å². The van der Waals surface area contributed by atoms with Crippen molar-refractivity contribution in [3.63, 3.8) is 0 Å². The molecule has 2 nitrogen and oxygen atoms in total. The van der Waals surface area contributed by atoms with Crippen LogP contribution in [0.25, 0.3) is 0 Å². The highest BCUT2D eigenvalue weighted by Gasteiger charge is 2.11. The van der Waals surface area contributed by atoms with Crippen LogP contribution in [0.2, 0.25) is 5.02 Å². The number of rotatable bonds is 5. The molecule has 2 aromatic rings. The zero-order valence-corrected chi connectivity index (χ0v) is 11.3. The molecular formula is C13H15ClN2S. The summed E-state index contributed by atoms with van der Waals surface area (Å²) in [5.41, 5.74) is 1.31. The summed E-state index contributed by atoms with van der Waals surface area (Å²) in [5.74, 6) is 1.10. The van der Waals surface area contributed by atoms with Gasteiger partial charge in [0.1, 0.15) is 0 Å². The minimum absolute atomic E-state index is 0.450. The van der Waals surface area contributed by atoms with E-state index in [1.165, 1.54) is 5.56 Å². The Bertz CT molecular complexity index is 439. The van der Waals surface area contributed by atoms with E-state index in [0.29, 0.717) is 5.25 Å². The molecule has 1 aromatic heterocycles. The average molecular weight is 267 g/mol. The topological polar surface area (TPSA) is 17.8 Å². The Morgan fingerprint density at radius 2 is 2.12 bits per heavy atom. The number of benzene rings is 1. The third kappa shape index (κ3) is 3.51. The van der Waals surface area contributed by atoms with Crippen molar-refractivity contribution in [3.05, 3.63) is 53.6 Å². The maximum absolute atomic E-state index is 5.91. The van der Waals surface area contributed by atoms with E-state index in [2.05, 4.69) is 28.6 Å². The molecule has 17 heavy (non-hydrogen) atoms. The van der Waals surface area contributed by atoms with Crippen molar-refractivity contribution in [2.24, 2.45) is 0 Å². The highest BCUT2D eigenvalue weighted by atomic mass is 35.5. The Morgan fingerprint density at radius 3 is 2.71 bits per heavy atom. The second-order valence-corrected chi connectivity index (χ2v) is 5.67. The van der Waals surface area contributed by atoms with Crippen LogP contribution in [-0.4, -0.2) is 15.3 Å². The first-order chi connectivity index (χ1) is 8.29. The van der Waals surface area contributed by atoms with Crippen LogP contribution in [0.4, 0.5) is 0 Å². The summed E-state index contributed by atoms with van der Waals surface area (Å²) in [6.45, 7) is 3.13. The largest absolute Gasteiger partial charge is 0.336 e. The van der Waals surface area contributed by atoms with Crippen LogP contribution in [0.15, 0.2) is 43.0 Å². The van der Waals surface area contributed by atoms with Crippen LogP contribution in [0, 0.1) is 0 Å². The second-order valence-electron chi connectivity index (χ2n) is 3.76. The van der Waals surface area contributed by atoms with Crippen molar-refractivity contribution < 1.29 is 0 Å². The van der Waals surface area contributed by atoms with Crippen molar-refractivity contribution >= 4 is 23.4 Å². The lowest BCUT2D eigenvalue weighted by molar-refractivity contribution is 0.683. The fourth-order valence-electron chi connectivity index (χ4n) is 1.72. The van der Waals surface area contributed by atoms with Crippen LogP contribution in [0.1, 0.15) is 17.7 Å². The predicted octanol–water partition coefficient (Wildman–Crippen LogP) is 4.03. The standard InChI is InChI=1S/C13H15ClN2S/c1-2-17-13(9-16-8-7-15-10-16)11-3-5-12(14)6-4-11/h3-8,10,13H,2,9H2,1H3. The lowest BCUT2D eigenvalue weighted by Gasteiger charge is -2.16. The molecule has 90 valence electrons. The fourth-order valence-corrected chi connectivity index (χ4v) is 2.87. The average Bonchev–Trinajstić information content (AvgIpc) is 2.82. The molecule has 0 N–H and O–H groups in total. The zero-order valence-electron chi connectivity index (χ0n) is 9.71. The van der Waals surface area contributed by atoms with Gasteiger partial charge in [-0.25, -0.2) is 4.98 Å². The molecule has 1 aromatic carbocycles. The molecule has 0 aliphatic heterocycles. The van der Waals surface area contributed by atoms with Gasteiger partial charge in [0.15, 0.2) is 0 Å². The van der Waals surface area contributed by atoms with Crippen molar-refractivity contribution in [2.75, 3.05) is 5.75 Å². The Hall–Kier alpha value is -0.930. The zero-order chi connectivity index (χ0) is 12.1. The van der Waals surface area contributed by atoms with Gasteiger partial charge < -0.3 is 4.57 Å². The molecule has 0 aliphatic rings. The van der Waals surface area contributed by atoms with Crippen LogP contribution in [0.5, 0.6) is 0 Å². The van der Waals surface area contributed by atoms with Gasteiger partial charge in [-0.05, 0) is 23.4 Å². The van der Waals surface area contributed by atoms with E-state index < -0.39 is 0 Å². The molecule has 0 bridgehead atoms. The molecule has 0 saturated heterocycles. The molecule has 1 heterocycles. The summed E-state index contributed by atoms with van der Waals surface area (Å²) in [7, 11) is 0. The molecule has 0 spiro atoms. The molecule has 0 aliphatic carbocycles. The lowest BCUT2D eigenvalue weighted by Crippen LogP contribution is -2.05. The molecule has 1 unspecified atom stereocenters. The molecule has 0 radical (unpaired) electrons. The monoisotopic (exact) mass is 266 g/mol. The van der Waals surface area contributed by atoms with E-state index in [-0.39, 0.29) is 0 Å². The van der Waals surface area contributed by atoms with E-state index >= 15 is 0 Å². The fraction of sp³-hybridized carbons (Fsp3) is 0.308. The van der Waals surface area contributed by atoms with Crippen LogP contribution in [0.3, 0.4) is 0 Å². The number of halogens is 1. The van der Waals surface area contributed by atoms with E-state index in [1.54, 1.807) is 0 Å². The normalized spacial score (nSPS) is 12.6. The minimum atomic E-state index is 0.450. The predicted molar refractivity (Wildman–Crippen MR) is 74.6 cm³/mol. The first kappa shape index (κ1) is 12.5. The van der Waals surface area contributed by atoms with Gasteiger partial charge in [0.25, 0.3) is 0 Å². The van der Waals surface area contributed by atoms with Gasteiger partial charge in [-0.3, -0.25) is 0 Å². The summed E-state index contributed by atoms with van der Waals surface area (Å²) in [4.78, 5) is 4.08. The van der Waals surface area contributed by atoms with Crippen molar-refractivity contribution in [1.82, 2.24) is 9.55 Å². The summed E-state index contributed by atoms with van der Waals surface area (Å²) in [6.07, 6.45) is 5.67. The van der Waals surface area contributed by atoms with E-state index in [4.69, 9.17) is 11.6 Å². The summed E-state index contributed by atoms with van der Waals surface area (Å²) < 4.78 is 2.11. The molecule has 0 saturated carbocycles. The number of hydrogen-bond acceptors (Lipinski definition) is 2. The van der Waals surface area contributed by atoms with Gasteiger partial charge in [-0.1, -0.05) is 30.7 Å². The highest BCUT2D eigenvalue weighted by Crippen LogP contribution is 2.30. The van der Waals surface area contributed by atoms with Crippen molar-refractivity contribution in [2.45, 2.75) is 18.7 Å². The maximum Gasteiger partial charge on any atom is 0.0946 e. The minimum Gasteiger partial charge on any atom is -0.336 e. The molecule has 2 rings (SSSR count). The van der Waals surface area contributed by atoms with Gasteiger partial charge in [0.05, 0.1) is 6.33 Å². The number of nitrogens with zero attached hydrogens (tertiary/aromatic N) is 2. The van der Waals surface area contributed by atoms with E-state index in [0.717, 1.165) is 17.3 Å². The van der Waals surface area contributed by atoms with Crippen molar-refractivity contribution in [3.8, 4) is 0 Å². The summed E-state index contributed by atoms with van der Waals surface area (Å²) >= 11 is 7.86. The van der Waals surface area contributed by atoms with Gasteiger partial charge in [-0.2, -0.15) is 11.8 Å². The molecular weight excluding hydrogens is 252 g/mol. The number of thioether (sulfide) groups is 1. The van der Waals surface area contributed by atoms with Gasteiger partial charge in [0.2, 0.25) is 0 Å². The Kier molecular flexibility index (Phi) is 4.51. The number of imidazole rings is 1. The Morgan fingerprint density at radius 1 is 1.35 bits per heavy atom. The summed E-state index contributed by atoms with van der Waals surface area (Å²) in [5, 5.41) is 1.24. The lowest BCUT2D eigenvalue weighted by atomic mass is 10.1. The van der Waals surface area contributed by atoms with E-state index in [1.807, 2.05) is 42.6 Å². The second kappa shape index (κ2) is 6.12. The van der Waals surface area contributed by atoms with Gasteiger partial charge in [-0.15, -0.1) is 0 Å².